The number of hydrogen-bond donors (Lipinski definition) is 1. The molecule has 6 bridgehead atoms. The molecule has 6 aliphatic rings. The van der Waals surface area contributed by atoms with Gasteiger partial charge in [-0.3, -0.25) is 19.1 Å². The molecule has 6 saturated heterocycles. The highest BCUT2D eigenvalue weighted by atomic mass is 19.1. The van der Waals surface area contributed by atoms with E-state index >= 15 is 0 Å². The van der Waals surface area contributed by atoms with Crippen LogP contribution in [0.1, 0.15) is 59.0 Å². The van der Waals surface area contributed by atoms with Gasteiger partial charge in [0.25, 0.3) is 0 Å². The molecule has 8 unspecified atom stereocenters. The van der Waals surface area contributed by atoms with E-state index in [1.807, 2.05) is 36.9 Å². The summed E-state index contributed by atoms with van der Waals surface area (Å²) in [5.41, 5.74) is 2.62. The molecule has 0 aromatic heterocycles. The van der Waals surface area contributed by atoms with E-state index in [9.17, 15) is 19.1 Å². The van der Waals surface area contributed by atoms with E-state index in [1.165, 1.54) is 17.7 Å². The Morgan fingerprint density at radius 3 is 1.67 bits per heavy atom. The van der Waals surface area contributed by atoms with E-state index in [-0.39, 0.29) is 30.3 Å². The Morgan fingerprint density at radius 1 is 0.750 bits per heavy atom. The van der Waals surface area contributed by atoms with Crippen LogP contribution in [-0.4, -0.2) is 113 Å². The number of aliphatic hydroxyl groups is 1. The average molecular weight is 666 g/mol. The number of fused-ring (bicyclic) bond motifs is 4. The number of nitrogens with zero attached hydrogens (tertiary/aromatic N) is 4. The molecule has 8 rings (SSSR count). The Hall–Kier alpha value is -3.21. The van der Waals surface area contributed by atoms with Gasteiger partial charge in [0.15, 0.2) is 0 Å². The number of aliphatic hydroxyl groups excluding tert-OH is 1. The van der Waals surface area contributed by atoms with Crippen molar-refractivity contribution in [3.63, 3.8) is 0 Å². The van der Waals surface area contributed by atoms with E-state index < -0.39 is 13.3 Å². The number of rotatable bonds is 6. The molecule has 2 amide bonds. The van der Waals surface area contributed by atoms with Crippen LogP contribution in [0, 0.1) is 17.8 Å². The van der Waals surface area contributed by atoms with Crippen molar-refractivity contribution in [1.82, 2.24) is 19.6 Å². The van der Waals surface area contributed by atoms with Gasteiger partial charge in [0.05, 0.1) is 52.0 Å². The zero-order valence-electron chi connectivity index (χ0n) is 29.6. The van der Waals surface area contributed by atoms with E-state index in [0.29, 0.717) is 43.2 Å². The number of alkyl halides is 1. The van der Waals surface area contributed by atoms with Gasteiger partial charge < -0.3 is 19.5 Å². The van der Waals surface area contributed by atoms with Crippen molar-refractivity contribution in [2.75, 3.05) is 33.5 Å². The highest BCUT2D eigenvalue weighted by molar-refractivity contribution is 5.70. The van der Waals surface area contributed by atoms with Crippen LogP contribution in [0.4, 0.5) is 14.0 Å². The number of hydrogen-bond acceptors (Lipinski definition) is 7. The molecule has 6 fully saturated rings. The van der Waals surface area contributed by atoms with E-state index in [2.05, 4.69) is 64.1 Å². The van der Waals surface area contributed by atoms with E-state index in [1.54, 1.807) is 0 Å². The first-order valence-electron chi connectivity index (χ1n) is 18.5. The maximum absolute atomic E-state index is 12.4. The lowest BCUT2D eigenvalue weighted by atomic mass is 9.86. The number of amides is 2. The van der Waals surface area contributed by atoms with Crippen LogP contribution < -0.4 is 0 Å². The summed E-state index contributed by atoms with van der Waals surface area (Å²) >= 11 is 0. The molecule has 0 spiro atoms. The van der Waals surface area contributed by atoms with Crippen molar-refractivity contribution in [3.05, 3.63) is 71.8 Å². The van der Waals surface area contributed by atoms with Crippen LogP contribution in [0.25, 0.3) is 0 Å². The second-order valence-corrected chi connectivity index (χ2v) is 14.3. The molecule has 2 aromatic rings. The maximum Gasteiger partial charge on any atom is 0.410 e. The molecule has 48 heavy (non-hydrogen) atoms. The molecule has 0 saturated carbocycles. The van der Waals surface area contributed by atoms with E-state index in [0.717, 1.165) is 51.2 Å². The Kier molecular flexibility index (Phi) is 10.5. The molecule has 2 aromatic carbocycles. The highest BCUT2D eigenvalue weighted by Crippen LogP contribution is 2.49. The molecule has 0 aliphatic carbocycles. The molecule has 6 aliphatic heterocycles. The standard InChI is InChI=1S/C19H26N2O2.C18H24N2O3.CH3F/c1-3-23-19(22)21-16-9-15-10-17(21)18(13(16)2)20(12-15)11-14-7-5-4-6-8-14;1-2-23-18(22)20-14-8-13-9-15(20)17(21)16(14)19(11-13)10-12-6-4-3-5-7-12;1-2/h4-8,13,15-18H,3,9-12H2,1-2H3;3-7,13-17,21H,2,8-11H2,1H3;1H3/t13-,15?,16?,17?,18?;13?,14?,15?,16?,17-;/m00./s1/i;;1D. The molecule has 10 atom stereocenters. The smallest absolute Gasteiger partial charge is 0.410 e. The Bertz CT molecular complexity index is 1290. The van der Waals surface area contributed by atoms with Crippen LogP contribution in [0.2, 0.25) is 0 Å². The highest BCUT2D eigenvalue weighted by Gasteiger charge is 2.60. The number of halogens is 1. The van der Waals surface area contributed by atoms with Gasteiger partial charge in [0, 0.05) is 38.3 Å². The second-order valence-electron chi connectivity index (χ2n) is 14.3. The lowest BCUT2D eigenvalue weighted by Gasteiger charge is -2.46. The third-order valence-electron chi connectivity index (χ3n) is 11.6. The summed E-state index contributed by atoms with van der Waals surface area (Å²) in [5.74, 6) is 1.81. The summed E-state index contributed by atoms with van der Waals surface area (Å²) in [5, 5.41) is 10.8. The van der Waals surface area contributed by atoms with Gasteiger partial charge in [-0.05, 0) is 68.4 Å². The zero-order chi connectivity index (χ0) is 34.7. The first kappa shape index (κ1) is 33.3. The Labute approximate surface area is 286 Å². The topological polar surface area (TPSA) is 85.8 Å². The predicted molar refractivity (Wildman–Crippen MR) is 182 cm³/mol. The largest absolute Gasteiger partial charge is 0.450 e. The minimum absolute atomic E-state index is 0.0309. The quantitative estimate of drug-likeness (QED) is 0.433. The fourth-order valence-electron chi connectivity index (χ4n) is 10.1. The summed E-state index contributed by atoms with van der Waals surface area (Å²) in [6.07, 6.45) is 3.33. The van der Waals surface area contributed by atoms with Crippen molar-refractivity contribution < 1.29 is 29.9 Å². The number of ether oxygens (including phenoxy) is 2. The monoisotopic (exact) mass is 665 g/mol. The first-order valence-corrected chi connectivity index (χ1v) is 17.8. The molecule has 0 radical (unpaired) electrons. The van der Waals surface area contributed by atoms with Gasteiger partial charge in [-0.2, -0.15) is 0 Å². The second kappa shape index (κ2) is 15.1. The fraction of sp³-hybridized carbons (Fsp3) is 0.632. The van der Waals surface area contributed by atoms with Crippen LogP contribution in [0.15, 0.2) is 60.7 Å². The Balaban J connectivity index is 0.000000158. The summed E-state index contributed by atoms with van der Waals surface area (Å²) < 4.78 is 26.1. The third-order valence-corrected chi connectivity index (χ3v) is 11.6. The number of carbonyl (C=O) groups excluding carboxylic acids is 2. The third kappa shape index (κ3) is 6.55. The Morgan fingerprint density at radius 2 is 1.17 bits per heavy atom. The van der Waals surface area contributed by atoms with Crippen molar-refractivity contribution in [3.8, 4) is 0 Å². The lowest BCUT2D eigenvalue weighted by Crippen LogP contribution is -2.57. The number of benzene rings is 2. The number of likely N-dealkylation sites (tertiary alicyclic amines) is 2. The summed E-state index contributed by atoms with van der Waals surface area (Å²) in [7, 11) is -1.00. The molecular formula is C38H53FN4O5. The molecular weight excluding hydrogens is 611 g/mol. The normalized spacial score (nSPS) is 34.5. The molecule has 6 heterocycles. The van der Waals surface area contributed by atoms with Crippen LogP contribution >= 0.6 is 0 Å². The number of piperidine rings is 4. The van der Waals surface area contributed by atoms with Crippen LogP contribution in [0.5, 0.6) is 0 Å². The van der Waals surface area contributed by atoms with Crippen molar-refractivity contribution in [2.24, 2.45) is 17.8 Å². The molecule has 1 N–H and O–H groups in total. The SMILES string of the molecule is CCOC(=O)N1C2CC3CC1[C@H](C)C2N(Cc1ccccc1)C3.CCOC(=O)N1C2CC3CC1[C@H](O)C2N(Cc1ccccc1)C3.[2H]CF. The van der Waals surface area contributed by atoms with Crippen molar-refractivity contribution in [2.45, 2.75) is 102 Å². The average Bonchev–Trinajstić information content (AvgIpc) is 3.27. The summed E-state index contributed by atoms with van der Waals surface area (Å²) in [6, 6.07) is 22.3. The fourth-order valence-corrected chi connectivity index (χ4v) is 10.1. The van der Waals surface area contributed by atoms with Crippen LogP contribution in [0.3, 0.4) is 0 Å². The maximum atomic E-state index is 12.4. The first-order chi connectivity index (χ1) is 23.8. The van der Waals surface area contributed by atoms with Crippen LogP contribution in [-0.2, 0) is 22.6 Å². The van der Waals surface area contributed by atoms with Gasteiger partial charge in [0.1, 0.15) is 0 Å². The van der Waals surface area contributed by atoms with Gasteiger partial charge >= 0.3 is 12.2 Å². The molecule has 9 nitrogen and oxygen atoms in total. The van der Waals surface area contributed by atoms with Crippen molar-refractivity contribution in [1.29, 1.82) is 0 Å². The zero-order valence-corrected chi connectivity index (χ0v) is 28.6. The summed E-state index contributed by atoms with van der Waals surface area (Å²) in [4.78, 5) is 33.6. The summed E-state index contributed by atoms with van der Waals surface area (Å²) in [6.45, 7) is 10.9. The van der Waals surface area contributed by atoms with E-state index in [4.69, 9.17) is 10.8 Å². The molecule has 262 valence electrons. The van der Waals surface area contributed by atoms with Gasteiger partial charge in [-0.1, -0.05) is 67.6 Å². The van der Waals surface area contributed by atoms with Gasteiger partial charge in [0.2, 0.25) is 0 Å². The minimum Gasteiger partial charge on any atom is -0.450 e. The van der Waals surface area contributed by atoms with Gasteiger partial charge in [-0.25, -0.2) is 9.59 Å². The van der Waals surface area contributed by atoms with Crippen molar-refractivity contribution >= 4 is 12.2 Å². The minimum atomic E-state index is -1.00. The number of carbonyl (C=O) groups is 2. The predicted octanol–water partition coefficient (Wildman–Crippen LogP) is 5.56. The lowest BCUT2D eigenvalue weighted by molar-refractivity contribution is 0.00743. The molecule has 10 heteroatoms. The van der Waals surface area contributed by atoms with Gasteiger partial charge in [-0.15, -0.1) is 0 Å².